The van der Waals surface area contributed by atoms with E-state index in [4.69, 9.17) is 5.73 Å². The molecule has 0 saturated heterocycles. The van der Waals surface area contributed by atoms with Crippen LogP contribution in [-0.4, -0.2) is 21.6 Å². The van der Waals surface area contributed by atoms with Crippen molar-refractivity contribution in [2.75, 3.05) is 0 Å². The summed E-state index contributed by atoms with van der Waals surface area (Å²) in [4.78, 5) is 11.9. The highest BCUT2D eigenvalue weighted by Gasteiger charge is 2.27. The molecule has 88 valence electrons. The maximum atomic E-state index is 11.9. The van der Waals surface area contributed by atoms with Crippen LogP contribution in [0.5, 0.6) is 0 Å². The van der Waals surface area contributed by atoms with Gasteiger partial charge in [-0.05, 0) is 31.2 Å². The smallest absolute Gasteiger partial charge is 0.136 e. The Hall–Kier alpha value is -1.16. The summed E-state index contributed by atoms with van der Waals surface area (Å²) in [5, 5.41) is 4.09. The maximum Gasteiger partial charge on any atom is 0.136 e. The summed E-state index contributed by atoms with van der Waals surface area (Å²) < 4.78 is 1.77. The molecule has 1 fully saturated rings. The zero-order valence-corrected chi connectivity index (χ0v) is 9.72. The van der Waals surface area contributed by atoms with Crippen LogP contribution in [0.2, 0.25) is 0 Å². The molecule has 2 atom stereocenters. The summed E-state index contributed by atoms with van der Waals surface area (Å²) in [5.74, 6) is 0.587. The first-order valence-electron chi connectivity index (χ1n) is 5.91. The van der Waals surface area contributed by atoms with E-state index in [-0.39, 0.29) is 12.0 Å². The van der Waals surface area contributed by atoms with Crippen LogP contribution in [0.25, 0.3) is 0 Å². The van der Waals surface area contributed by atoms with Gasteiger partial charge in [0.2, 0.25) is 0 Å². The average molecular weight is 221 g/mol. The second-order valence-corrected chi connectivity index (χ2v) is 4.76. The summed E-state index contributed by atoms with van der Waals surface area (Å²) in [6.45, 7) is 0. The van der Waals surface area contributed by atoms with Gasteiger partial charge < -0.3 is 5.73 Å². The molecule has 2 unspecified atom stereocenters. The molecule has 0 bridgehead atoms. The molecule has 1 heterocycles. The van der Waals surface area contributed by atoms with E-state index in [2.05, 4.69) is 5.10 Å². The van der Waals surface area contributed by atoms with Crippen molar-refractivity contribution in [1.29, 1.82) is 0 Å². The predicted molar refractivity (Wildman–Crippen MR) is 61.9 cm³/mol. The van der Waals surface area contributed by atoms with Gasteiger partial charge in [-0.25, -0.2) is 0 Å². The molecule has 0 aliphatic heterocycles. The molecule has 1 aliphatic carbocycles. The van der Waals surface area contributed by atoms with Crippen LogP contribution in [0, 0.1) is 5.92 Å². The fourth-order valence-corrected chi connectivity index (χ4v) is 2.38. The number of Topliss-reactive ketones (excluding diaryl/α,β-unsaturated/α-hetero) is 1. The Balaban J connectivity index is 1.80. The topological polar surface area (TPSA) is 60.9 Å². The van der Waals surface area contributed by atoms with Gasteiger partial charge in [0.05, 0.1) is 6.20 Å². The minimum absolute atomic E-state index is 0.215. The Morgan fingerprint density at radius 2 is 2.44 bits per heavy atom. The van der Waals surface area contributed by atoms with Crippen molar-refractivity contribution in [1.82, 2.24) is 9.78 Å². The third-order valence-electron chi connectivity index (χ3n) is 3.35. The zero-order valence-electron chi connectivity index (χ0n) is 9.72. The Morgan fingerprint density at radius 3 is 3.00 bits per heavy atom. The largest absolute Gasteiger partial charge is 0.328 e. The van der Waals surface area contributed by atoms with Crippen molar-refractivity contribution in [2.45, 2.75) is 38.1 Å². The van der Waals surface area contributed by atoms with E-state index >= 15 is 0 Å². The lowest BCUT2D eigenvalue weighted by Gasteiger charge is -2.07. The van der Waals surface area contributed by atoms with Gasteiger partial charge in [-0.3, -0.25) is 9.48 Å². The standard InChI is InChI=1S/C12H19N3O/c1-15-8-9(7-14-15)2-5-12(16)10-3-4-11(13)6-10/h7-8,10-11H,2-6,13H2,1H3. The third kappa shape index (κ3) is 2.70. The van der Waals surface area contributed by atoms with Crippen molar-refractivity contribution in [3.63, 3.8) is 0 Å². The lowest BCUT2D eigenvalue weighted by molar-refractivity contribution is -0.122. The summed E-state index contributed by atoms with van der Waals surface area (Å²) in [5.41, 5.74) is 6.95. The molecular weight excluding hydrogens is 202 g/mol. The van der Waals surface area contributed by atoms with Crippen LogP contribution in [0.1, 0.15) is 31.2 Å². The molecule has 0 amide bonds. The molecule has 0 aromatic carbocycles. The fraction of sp³-hybridized carbons (Fsp3) is 0.667. The molecular formula is C12H19N3O. The molecule has 0 radical (unpaired) electrons. The summed E-state index contributed by atoms with van der Waals surface area (Å²) >= 11 is 0. The highest BCUT2D eigenvalue weighted by atomic mass is 16.1. The molecule has 4 nitrogen and oxygen atoms in total. The first-order valence-corrected chi connectivity index (χ1v) is 5.91. The number of carbonyl (C=O) groups excluding carboxylic acids is 1. The highest BCUT2D eigenvalue weighted by Crippen LogP contribution is 2.26. The number of hydrogen-bond acceptors (Lipinski definition) is 3. The number of ketones is 1. The number of carbonyl (C=O) groups is 1. The quantitative estimate of drug-likeness (QED) is 0.826. The van der Waals surface area contributed by atoms with Gasteiger partial charge in [0.1, 0.15) is 5.78 Å². The number of nitrogens with two attached hydrogens (primary N) is 1. The first-order chi connectivity index (χ1) is 7.65. The molecule has 1 saturated carbocycles. The van der Waals surface area contributed by atoms with Gasteiger partial charge in [0.15, 0.2) is 0 Å². The Bertz CT molecular complexity index is 372. The van der Waals surface area contributed by atoms with Crippen molar-refractivity contribution in [2.24, 2.45) is 18.7 Å². The van der Waals surface area contributed by atoms with Gasteiger partial charge in [0, 0.05) is 31.6 Å². The lowest BCUT2D eigenvalue weighted by atomic mass is 9.97. The number of hydrogen-bond donors (Lipinski definition) is 1. The normalized spacial score (nSPS) is 24.9. The number of aromatic nitrogens is 2. The van der Waals surface area contributed by atoms with Crippen LogP contribution in [0.4, 0.5) is 0 Å². The molecule has 4 heteroatoms. The lowest BCUT2D eigenvalue weighted by Crippen LogP contribution is -2.18. The molecule has 16 heavy (non-hydrogen) atoms. The van der Waals surface area contributed by atoms with Crippen LogP contribution >= 0.6 is 0 Å². The molecule has 0 spiro atoms. The summed E-state index contributed by atoms with van der Waals surface area (Å²) in [6, 6.07) is 0.243. The van der Waals surface area contributed by atoms with E-state index in [1.165, 1.54) is 0 Å². The Labute approximate surface area is 95.8 Å². The molecule has 2 N–H and O–H groups in total. The SMILES string of the molecule is Cn1cc(CCC(=O)C2CCC(N)C2)cn1. The van der Waals surface area contributed by atoms with E-state index in [1.54, 1.807) is 4.68 Å². The molecule has 2 rings (SSSR count). The van der Waals surface area contributed by atoms with Crippen LogP contribution in [0.3, 0.4) is 0 Å². The van der Waals surface area contributed by atoms with Crippen molar-refractivity contribution >= 4 is 5.78 Å². The summed E-state index contributed by atoms with van der Waals surface area (Å²) in [7, 11) is 1.89. The van der Waals surface area contributed by atoms with Gasteiger partial charge in [-0.2, -0.15) is 5.10 Å². The van der Waals surface area contributed by atoms with Gasteiger partial charge in [-0.1, -0.05) is 0 Å². The monoisotopic (exact) mass is 221 g/mol. The maximum absolute atomic E-state index is 11.9. The second-order valence-electron chi connectivity index (χ2n) is 4.76. The highest BCUT2D eigenvalue weighted by molar-refractivity contribution is 5.81. The van der Waals surface area contributed by atoms with Crippen LogP contribution in [-0.2, 0) is 18.3 Å². The number of rotatable bonds is 4. The molecule has 1 aromatic rings. The van der Waals surface area contributed by atoms with Crippen LogP contribution < -0.4 is 5.73 Å². The predicted octanol–water partition coefficient (Wildman–Crippen LogP) is 1.05. The molecule has 1 aliphatic rings. The third-order valence-corrected chi connectivity index (χ3v) is 3.35. The zero-order chi connectivity index (χ0) is 11.5. The van der Waals surface area contributed by atoms with E-state index in [9.17, 15) is 4.79 Å². The average Bonchev–Trinajstić information content (AvgIpc) is 2.84. The van der Waals surface area contributed by atoms with Gasteiger partial charge >= 0.3 is 0 Å². The Kier molecular flexibility index (Phi) is 3.39. The van der Waals surface area contributed by atoms with Gasteiger partial charge in [0.25, 0.3) is 0 Å². The first kappa shape index (κ1) is 11.3. The summed E-state index contributed by atoms with van der Waals surface area (Å²) in [6.07, 6.45) is 8.09. The van der Waals surface area contributed by atoms with Crippen molar-refractivity contribution in [3.05, 3.63) is 18.0 Å². The minimum Gasteiger partial charge on any atom is -0.328 e. The van der Waals surface area contributed by atoms with Crippen molar-refractivity contribution in [3.8, 4) is 0 Å². The van der Waals surface area contributed by atoms with E-state index in [1.807, 2.05) is 19.4 Å². The van der Waals surface area contributed by atoms with Crippen LogP contribution in [0.15, 0.2) is 12.4 Å². The number of aryl methyl sites for hydroxylation is 2. The van der Waals surface area contributed by atoms with E-state index < -0.39 is 0 Å². The Morgan fingerprint density at radius 1 is 1.62 bits per heavy atom. The molecule has 1 aromatic heterocycles. The van der Waals surface area contributed by atoms with E-state index in [0.29, 0.717) is 12.2 Å². The minimum atomic E-state index is 0.215. The van der Waals surface area contributed by atoms with Gasteiger partial charge in [-0.15, -0.1) is 0 Å². The second kappa shape index (κ2) is 4.78. The fourth-order valence-electron chi connectivity index (χ4n) is 2.38. The number of nitrogens with zero attached hydrogens (tertiary/aromatic N) is 2. The van der Waals surface area contributed by atoms with Crippen molar-refractivity contribution < 1.29 is 4.79 Å². The van der Waals surface area contributed by atoms with E-state index in [0.717, 1.165) is 31.2 Å².